The summed E-state index contributed by atoms with van der Waals surface area (Å²) in [6.45, 7) is 5.87. The van der Waals surface area contributed by atoms with E-state index >= 15 is 0 Å². The van der Waals surface area contributed by atoms with Crippen LogP contribution in [0.4, 0.5) is 4.79 Å². The molecular formula is C30H45N5O6. The lowest BCUT2D eigenvalue weighted by Crippen LogP contribution is -2.61. The molecule has 2 aliphatic carbocycles. The van der Waals surface area contributed by atoms with Crippen LogP contribution in [0.1, 0.15) is 77.7 Å². The van der Waals surface area contributed by atoms with E-state index in [0.717, 1.165) is 50.5 Å². The molecule has 2 fully saturated rings. The molecule has 2 saturated carbocycles. The maximum absolute atomic E-state index is 13.5. The number of ether oxygens (including phenoxy) is 1. The molecule has 1 unspecified atom stereocenters. The van der Waals surface area contributed by atoms with E-state index < -0.39 is 53.1 Å². The smallest absolute Gasteiger partial charge is 0.408 e. The van der Waals surface area contributed by atoms with Crippen LogP contribution in [0.5, 0.6) is 0 Å². The number of rotatable bonds is 14. The molecule has 0 saturated heterocycles. The summed E-state index contributed by atoms with van der Waals surface area (Å²) in [5.41, 5.74) is 5.55. The van der Waals surface area contributed by atoms with Gasteiger partial charge in [-0.1, -0.05) is 70.4 Å². The van der Waals surface area contributed by atoms with Crippen molar-refractivity contribution in [3.8, 4) is 0 Å². The Kier molecular flexibility index (Phi) is 11.7. The molecule has 226 valence electrons. The van der Waals surface area contributed by atoms with E-state index in [2.05, 4.69) is 21.3 Å². The lowest BCUT2D eigenvalue weighted by molar-refractivity contribution is -0.139. The molecule has 6 N–H and O–H groups in total. The van der Waals surface area contributed by atoms with Crippen LogP contribution in [0.2, 0.25) is 0 Å². The van der Waals surface area contributed by atoms with Crippen molar-refractivity contribution >= 4 is 29.6 Å². The molecular weight excluding hydrogens is 526 g/mol. The number of amides is 4. The molecule has 0 aromatic heterocycles. The fourth-order valence-corrected chi connectivity index (χ4v) is 5.14. The van der Waals surface area contributed by atoms with Crippen molar-refractivity contribution in [2.75, 3.05) is 6.54 Å². The number of primary amides is 1. The molecule has 1 aromatic carbocycles. The third-order valence-electron chi connectivity index (χ3n) is 7.79. The summed E-state index contributed by atoms with van der Waals surface area (Å²) in [4.78, 5) is 63.9. The van der Waals surface area contributed by atoms with Crippen LogP contribution in [0, 0.1) is 11.3 Å². The van der Waals surface area contributed by atoms with Gasteiger partial charge in [-0.3, -0.25) is 19.2 Å². The zero-order valence-electron chi connectivity index (χ0n) is 24.4. The van der Waals surface area contributed by atoms with E-state index in [9.17, 15) is 24.0 Å². The van der Waals surface area contributed by atoms with E-state index in [-0.39, 0.29) is 18.6 Å². The molecule has 0 aliphatic heterocycles. The molecule has 4 amide bonds. The van der Waals surface area contributed by atoms with Crippen molar-refractivity contribution in [3.63, 3.8) is 0 Å². The van der Waals surface area contributed by atoms with Crippen LogP contribution >= 0.6 is 0 Å². The predicted octanol–water partition coefficient (Wildman–Crippen LogP) is 2.07. The van der Waals surface area contributed by atoms with Crippen molar-refractivity contribution in [2.24, 2.45) is 17.1 Å². The quantitative estimate of drug-likeness (QED) is 0.213. The van der Waals surface area contributed by atoms with Gasteiger partial charge in [-0.25, -0.2) is 4.79 Å². The van der Waals surface area contributed by atoms with E-state index in [1.165, 1.54) is 0 Å². The minimum atomic E-state index is -1.12. The molecule has 2 aliphatic rings. The Labute approximate surface area is 242 Å². The average molecular weight is 572 g/mol. The van der Waals surface area contributed by atoms with E-state index in [1.807, 2.05) is 30.3 Å². The predicted molar refractivity (Wildman–Crippen MR) is 153 cm³/mol. The van der Waals surface area contributed by atoms with Crippen molar-refractivity contribution in [3.05, 3.63) is 35.9 Å². The molecule has 0 spiro atoms. The fraction of sp³-hybridized carbons (Fsp3) is 0.633. The number of hydrogen-bond acceptors (Lipinski definition) is 7. The summed E-state index contributed by atoms with van der Waals surface area (Å²) >= 11 is 0. The van der Waals surface area contributed by atoms with Gasteiger partial charge in [-0.05, 0) is 49.0 Å². The summed E-state index contributed by atoms with van der Waals surface area (Å²) < 4.78 is 5.50. The highest BCUT2D eigenvalue weighted by Crippen LogP contribution is 2.30. The Morgan fingerprint density at radius 3 is 2.07 bits per heavy atom. The zero-order chi connectivity index (χ0) is 30.0. The van der Waals surface area contributed by atoms with Crippen LogP contribution in [0.15, 0.2) is 30.3 Å². The number of alkyl carbamates (subject to hydrolysis) is 1. The topological polar surface area (TPSA) is 169 Å². The lowest BCUT2D eigenvalue weighted by atomic mass is 9.80. The van der Waals surface area contributed by atoms with Gasteiger partial charge < -0.3 is 31.7 Å². The molecule has 41 heavy (non-hydrogen) atoms. The molecule has 11 nitrogen and oxygen atoms in total. The number of carbonyl (C=O) groups excluding carboxylic acids is 5. The first kappa shape index (κ1) is 32.0. The summed E-state index contributed by atoms with van der Waals surface area (Å²) in [6.07, 6.45) is 5.88. The largest absolute Gasteiger partial charge is 0.446 e. The Morgan fingerprint density at radius 1 is 0.878 bits per heavy atom. The van der Waals surface area contributed by atoms with E-state index in [0.29, 0.717) is 13.0 Å². The van der Waals surface area contributed by atoms with Gasteiger partial charge in [-0.2, -0.15) is 0 Å². The highest BCUT2D eigenvalue weighted by atomic mass is 16.6. The Morgan fingerprint density at radius 2 is 1.51 bits per heavy atom. The number of benzene rings is 1. The highest BCUT2D eigenvalue weighted by Gasteiger charge is 2.37. The molecule has 1 aromatic rings. The molecule has 0 bridgehead atoms. The van der Waals surface area contributed by atoms with Crippen molar-refractivity contribution in [2.45, 2.75) is 103 Å². The van der Waals surface area contributed by atoms with E-state index in [4.69, 9.17) is 10.5 Å². The van der Waals surface area contributed by atoms with Crippen molar-refractivity contribution in [1.29, 1.82) is 0 Å². The van der Waals surface area contributed by atoms with Crippen molar-refractivity contribution in [1.82, 2.24) is 21.3 Å². The maximum Gasteiger partial charge on any atom is 0.408 e. The van der Waals surface area contributed by atoms with Gasteiger partial charge in [0.1, 0.15) is 18.2 Å². The summed E-state index contributed by atoms with van der Waals surface area (Å²) in [5, 5.41) is 11.3. The third-order valence-corrected chi connectivity index (χ3v) is 7.79. The molecule has 3 atom stereocenters. The van der Waals surface area contributed by atoms with Crippen molar-refractivity contribution < 1.29 is 28.7 Å². The normalized spacial score (nSPS) is 17.9. The zero-order valence-corrected chi connectivity index (χ0v) is 24.4. The fourth-order valence-electron chi connectivity index (χ4n) is 5.14. The number of carbonyl (C=O) groups is 5. The molecule has 0 heterocycles. The van der Waals surface area contributed by atoms with Crippen LogP contribution in [-0.2, 0) is 30.5 Å². The van der Waals surface area contributed by atoms with Gasteiger partial charge in [0.15, 0.2) is 0 Å². The second-order valence-corrected chi connectivity index (χ2v) is 12.3. The van der Waals surface area contributed by atoms with Gasteiger partial charge >= 0.3 is 6.09 Å². The minimum Gasteiger partial charge on any atom is -0.446 e. The Hall–Kier alpha value is -3.47. The highest BCUT2D eigenvalue weighted by molar-refractivity contribution is 6.37. The van der Waals surface area contributed by atoms with Gasteiger partial charge in [0.25, 0.3) is 5.91 Å². The summed E-state index contributed by atoms with van der Waals surface area (Å²) in [7, 11) is 0. The molecule has 0 radical (unpaired) electrons. The molecule has 11 heteroatoms. The number of Topliss-reactive ketones (excluding diaryl/α,β-unsaturated/α-hetero) is 1. The first-order valence-corrected chi connectivity index (χ1v) is 14.6. The summed E-state index contributed by atoms with van der Waals surface area (Å²) in [6, 6.07) is 6.37. The Bertz CT molecular complexity index is 1060. The Balaban J connectivity index is 1.73. The monoisotopic (exact) mass is 571 g/mol. The SMILES string of the molecule is CC(C)(C)[C@H](NC(=O)OC1CCCC1)C(=O)N[C@@H](CNCc1ccccc1)C(=O)NC(CC1CCC1)C(=O)C(N)=O. The number of hydrogen-bond donors (Lipinski definition) is 5. The maximum atomic E-state index is 13.5. The van der Waals surface area contributed by atoms with Crippen LogP contribution in [0.25, 0.3) is 0 Å². The van der Waals surface area contributed by atoms with Gasteiger partial charge in [0, 0.05) is 13.1 Å². The lowest BCUT2D eigenvalue weighted by Gasteiger charge is -2.33. The second kappa shape index (κ2) is 15.0. The number of nitrogens with one attached hydrogen (secondary N) is 4. The number of nitrogens with two attached hydrogens (primary N) is 1. The number of ketones is 1. The van der Waals surface area contributed by atoms with Gasteiger partial charge in [0.05, 0.1) is 6.04 Å². The first-order valence-electron chi connectivity index (χ1n) is 14.6. The van der Waals surface area contributed by atoms with Crippen LogP contribution in [-0.4, -0.2) is 60.4 Å². The van der Waals surface area contributed by atoms with Gasteiger partial charge in [0.2, 0.25) is 17.6 Å². The third kappa shape index (κ3) is 10.1. The van der Waals surface area contributed by atoms with Crippen LogP contribution < -0.4 is 27.0 Å². The first-order chi connectivity index (χ1) is 19.4. The standard InChI is InChI=1S/C30H45N5O6/c1-30(2,3)25(35-29(40)41-21-14-7-8-15-21)28(39)34-23(18-32-17-20-10-5-4-6-11-20)27(38)33-22(24(36)26(31)37)16-19-12-9-13-19/h4-6,10-11,19,21-23,25,32H,7-9,12-18H2,1-3H3,(H2,31,37)(H,33,38)(H,34,39)(H,35,40)/t22?,23-,25+/m0/s1. The van der Waals surface area contributed by atoms with E-state index in [1.54, 1.807) is 20.8 Å². The van der Waals surface area contributed by atoms with Gasteiger partial charge in [-0.15, -0.1) is 0 Å². The molecule has 3 rings (SSSR count). The second-order valence-electron chi connectivity index (χ2n) is 12.3. The van der Waals surface area contributed by atoms with Crippen LogP contribution in [0.3, 0.4) is 0 Å². The summed E-state index contributed by atoms with van der Waals surface area (Å²) in [5.74, 6) is -2.96. The average Bonchev–Trinajstić information content (AvgIpc) is 3.40. The minimum absolute atomic E-state index is 0.0385.